The molecule has 1 aromatic heterocycles. The van der Waals surface area contributed by atoms with Crippen LogP contribution in [0.5, 0.6) is 0 Å². The number of rotatable bonds is 6. The van der Waals surface area contributed by atoms with E-state index >= 15 is 0 Å². The Morgan fingerprint density at radius 3 is 2.84 bits per heavy atom. The van der Waals surface area contributed by atoms with Crippen molar-refractivity contribution in [3.05, 3.63) is 5.89 Å². The topological polar surface area (TPSA) is 54.2 Å². The monoisotopic (exact) mass is 266 g/mol. The van der Waals surface area contributed by atoms with Crippen LogP contribution in [0.4, 0.5) is 6.01 Å². The minimum absolute atomic E-state index is 0.502. The SMILES string of the molecule is CCC1CCC(C)N1c1nnc(CNCC(C)C)o1. The van der Waals surface area contributed by atoms with Gasteiger partial charge in [0.2, 0.25) is 5.89 Å². The van der Waals surface area contributed by atoms with Gasteiger partial charge >= 0.3 is 6.01 Å². The molecule has 19 heavy (non-hydrogen) atoms. The molecular weight excluding hydrogens is 240 g/mol. The van der Waals surface area contributed by atoms with Gasteiger partial charge in [0.05, 0.1) is 6.54 Å². The fraction of sp³-hybridized carbons (Fsp3) is 0.857. The standard InChI is InChI=1S/C14H26N4O/c1-5-12-7-6-11(4)18(12)14-17-16-13(19-14)9-15-8-10(2)3/h10-12,15H,5-9H2,1-4H3. The van der Waals surface area contributed by atoms with Gasteiger partial charge in [0.1, 0.15) is 0 Å². The largest absolute Gasteiger partial charge is 0.407 e. The van der Waals surface area contributed by atoms with Crippen LogP contribution in [0.1, 0.15) is 52.8 Å². The molecule has 1 aliphatic rings. The third kappa shape index (κ3) is 3.47. The van der Waals surface area contributed by atoms with Crippen molar-refractivity contribution in [1.82, 2.24) is 15.5 Å². The Hall–Kier alpha value is -1.10. The molecule has 0 radical (unpaired) electrons. The first kappa shape index (κ1) is 14.3. The van der Waals surface area contributed by atoms with Crippen molar-refractivity contribution in [3.63, 3.8) is 0 Å². The van der Waals surface area contributed by atoms with Crippen LogP contribution in [0, 0.1) is 5.92 Å². The van der Waals surface area contributed by atoms with Gasteiger partial charge in [-0.15, -0.1) is 5.10 Å². The van der Waals surface area contributed by atoms with E-state index in [4.69, 9.17) is 4.42 Å². The highest BCUT2D eigenvalue weighted by Gasteiger charge is 2.32. The van der Waals surface area contributed by atoms with E-state index in [0.717, 1.165) is 13.0 Å². The lowest BCUT2D eigenvalue weighted by atomic mass is 10.2. The summed E-state index contributed by atoms with van der Waals surface area (Å²) in [5.41, 5.74) is 0. The third-order valence-electron chi connectivity index (χ3n) is 3.76. The highest BCUT2D eigenvalue weighted by atomic mass is 16.4. The summed E-state index contributed by atoms with van der Waals surface area (Å²) in [7, 11) is 0. The highest BCUT2D eigenvalue weighted by Crippen LogP contribution is 2.30. The van der Waals surface area contributed by atoms with Crippen molar-refractivity contribution in [2.45, 2.75) is 65.6 Å². The summed E-state index contributed by atoms with van der Waals surface area (Å²) >= 11 is 0. The summed E-state index contributed by atoms with van der Waals surface area (Å²) in [5.74, 6) is 1.31. The Kier molecular flexibility index (Phi) is 4.80. The molecule has 0 bridgehead atoms. The molecule has 0 aliphatic carbocycles. The van der Waals surface area contributed by atoms with E-state index in [1.807, 2.05) is 0 Å². The van der Waals surface area contributed by atoms with Gasteiger partial charge < -0.3 is 14.6 Å². The zero-order valence-corrected chi connectivity index (χ0v) is 12.5. The fourth-order valence-corrected chi connectivity index (χ4v) is 2.71. The lowest BCUT2D eigenvalue weighted by molar-refractivity contribution is 0.436. The second kappa shape index (κ2) is 6.37. The molecule has 1 aliphatic heterocycles. The van der Waals surface area contributed by atoms with Crippen molar-refractivity contribution < 1.29 is 4.42 Å². The molecule has 5 nitrogen and oxygen atoms in total. The molecule has 1 aromatic rings. The summed E-state index contributed by atoms with van der Waals surface area (Å²) in [6.45, 7) is 10.4. The van der Waals surface area contributed by atoms with Crippen LogP contribution in [0.25, 0.3) is 0 Å². The molecule has 0 aromatic carbocycles. The molecule has 0 amide bonds. The molecule has 108 valence electrons. The third-order valence-corrected chi connectivity index (χ3v) is 3.76. The first-order chi connectivity index (χ1) is 9.11. The Morgan fingerprint density at radius 2 is 2.16 bits per heavy atom. The lowest BCUT2D eigenvalue weighted by Gasteiger charge is -2.25. The first-order valence-electron chi connectivity index (χ1n) is 7.43. The minimum Gasteiger partial charge on any atom is -0.407 e. The smallest absolute Gasteiger partial charge is 0.318 e. The number of hydrogen-bond donors (Lipinski definition) is 1. The second-order valence-corrected chi connectivity index (χ2v) is 5.90. The van der Waals surface area contributed by atoms with Gasteiger partial charge in [0.25, 0.3) is 0 Å². The van der Waals surface area contributed by atoms with Gasteiger partial charge in [0.15, 0.2) is 0 Å². The molecular formula is C14H26N4O. The number of hydrogen-bond acceptors (Lipinski definition) is 5. The maximum Gasteiger partial charge on any atom is 0.318 e. The van der Waals surface area contributed by atoms with Gasteiger partial charge in [-0.1, -0.05) is 25.9 Å². The van der Waals surface area contributed by atoms with Crippen molar-refractivity contribution >= 4 is 6.01 Å². The van der Waals surface area contributed by atoms with Gasteiger partial charge in [-0.05, 0) is 38.6 Å². The van der Waals surface area contributed by atoms with Gasteiger partial charge in [-0.3, -0.25) is 0 Å². The predicted molar refractivity (Wildman–Crippen MR) is 76.1 cm³/mol. The van der Waals surface area contributed by atoms with Gasteiger partial charge in [-0.2, -0.15) is 0 Å². The van der Waals surface area contributed by atoms with Crippen molar-refractivity contribution in [1.29, 1.82) is 0 Å². The molecule has 1 fully saturated rings. The zero-order valence-electron chi connectivity index (χ0n) is 12.5. The van der Waals surface area contributed by atoms with Crippen LogP contribution in [-0.2, 0) is 6.54 Å². The highest BCUT2D eigenvalue weighted by molar-refractivity contribution is 5.31. The Morgan fingerprint density at radius 1 is 1.37 bits per heavy atom. The molecule has 0 saturated carbocycles. The maximum absolute atomic E-state index is 5.79. The lowest BCUT2D eigenvalue weighted by Crippen LogP contribution is -2.34. The van der Waals surface area contributed by atoms with Crippen LogP contribution >= 0.6 is 0 Å². The molecule has 0 spiro atoms. The quantitative estimate of drug-likeness (QED) is 0.857. The summed E-state index contributed by atoms with van der Waals surface area (Å²) in [6.07, 6.45) is 3.57. The number of nitrogens with zero attached hydrogens (tertiary/aromatic N) is 3. The summed E-state index contributed by atoms with van der Waals surface area (Å²) < 4.78 is 5.79. The molecule has 2 unspecified atom stereocenters. The summed E-state index contributed by atoms with van der Waals surface area (Å²) in [5, 5.41) is 11.7. The Balaban J connectivity index is 1.96. The summed E-state index contributed by atoms with van der Waals surface area (Å²) in [4.78, 5) is 2.29. The fourth-order valence-electron chi connectivity index (χ4n) is 2.71. The van der Waals surface area contributed by atoms with Crippen LogP contribution in [0.3, 0.4) is 0 Å². The predicted octanol–water partition coefficient (Wildman–Crippen LogP) is 2.58. The van der Waals surface area contributed by atoms with Crippen LogP contribution < -0.4 is 10.2 Å². The van der Waals surface area contributed by atoms with E-state index in [2.05, 4.69) is 48.1 Å². The summed E-state index contributed by atoms with van der Waals surface area (Å²) in [6, 6.07) is 1.74. The van der Waals surface area contributed by atoms with E-state index in [-0.39, 0.29) is 0 Å². The van der Waals surface area contributed by atoms with Crippen LogP contribution in [0.15, 0.2) is 4.42 Å². The Labute approximate surface area is 115 Å². The second-order valence-electron chi connectivity index (χ2n) is 5.90. The van der Waals surface area contributed by atoms with Crippen molar-refractivity contribution in [2.75, 3.05) is 11.4 Å². The van der Waals surface area contributed by atoms with Crippen LogP contribution in [-0.4, -0.2) is 28.8 Å². The molecule has 2 heterocycles. The molecule has 5 heteroatoms. The average molecular weight is 266 g/mol. The number of nitrogens with one attached hydrogen (secondary N) is 1. The zero-order chi connectivity index (χ0) is 13.8. The normalized spacial score (nSPS) is 23.5. The Bertz CT molecular complexity index is 391. The van der Waals surface area contributed by atoms with E-state index in [9.17, 15) is 0 Å². The molecule has 1 saturated heterocycles. The number of anilines is 1. The molecule has 1 N–H and O–H groups in total. The van der Waals surface area contributed by atoms with Crippen molar-refractivity contribution in [3.8, 4) is 0 Å². The van der Waals surface area contributed by atoms with Crippen molar-refractivity contribution in [2.24, 2.45) is 5.92 Å². The minimum atomic E-state index is 0.502. The van der Waals surface area contributed by atoms with Gasteiger partial charge in [-0.25, -0.2) is 0 Å². The first-order valence-corrected chi connectivity index (χ1v) is 7.43. The van der Waals surface area contributed by atoms with E-state index in [1.54, 1.807) is 0 Å². The maximum atomic E-state index is 5.79. The molecule has 2 atom stereocenters. The average Bonchev–Trinajstić information content (AvgIpc) is 2.95. The van der Waals surface area contributed by atoms with E-state index in [0.29, 0.717) is 36.5 Å². The number of aromatic nitrogens is 2. The van der Waals surface area contributed by atoms with E-state index < -0.39 is 0 Å². The molecule has 2 rings (SSSR count). The van der Waals surface area contributed by atoms with Gasteiger partial charge in [0, 0.05) is 12.1 Å². The van der Waals surface area contributed by atoms with E-state index in [1.165, 1.54) is 12.8 Å². The van der Waals surface area contributed by atoms with Crippen LogP contribution in [0.2, 0.25) is 0 Å².